The van der Waals surface area contributed by atoms with Crippen molar-refractivity contribution in [3.63, 3.8) is 0 Å². The summed E-state index contributed by atoms with van der Waals surface area (Å²) in [6.07, 6.45) is 5.17. The van der Waals surface area contributed by atoms with Crippen LogP contribution in [0.3, 0.4) is 0 Å². The van der Waals surface area contributed by atoms with Gasteiger partial charge in [0.15, 0.2) is 0 Å². The second-order valence-electron chi connectivity index (χ2n) is 3.42. The van der Waals surface area contributed by atoms with Crippen LogP contribution in [0.4, 0.5) is 0 Å². The monoisotopic (exact) mass is 187 g/mol. The minimum atomic E-state index is 0.808. The van der Waals surface area contributed by atoms with E-state index in [1.165, 1.54) is 0 Å². The molecule has 0 unspecified atom stereocenters. The molecule has 72 valence electrons. The van der Waals surface area contributed by atoms with E-state index in [4.69, 9.17) is 5.21 Å². The molecule has 2 rings (SSSR count). The zero-order valence-electron chi connectivity index (χ0n) is 7.98. The van der Waals surface area contributed by atoms with Crippen molar-refractivity contribution in [2.24, 2.45) is 5.16 Å². The van der Waals surface area contributed by atoms with Gasteiger partial charge in [0, 0.05) is 5.57 Å². The Bertz CT molecular complexity index is 365. The Labute approximate surface area is 83.6 Å². The van der Waals surface area contributed by atoms with E-state index < -0.39 is 0 Å². The molecule has 0 radical (unpaired) electrons. The fourth-order valence-electron chi connectivity index (χ4n) is 1.77. The third-order valence-corrected chi connectivity index (χ3v) is 2.48. The molecule has 0 aliphatic heterocycles. The highest BCUT2D eigenvalue weighted by atomic mass is 16.4. The number of rotatable bonds is 1. The summed E-state index contributed by atoms with van der Waals surface area (Å²) in [6.45, 7) is 0. The molecule has 1 aromatic rings. The Balaban J connectivity index is 2.38. The average Bonchev–Trinajstić information content (AvgIpc) is 2.30. The van der Waals surface area contributed by atoms with Gasteiger partial charge in [0.2, 0.25) is 0 Å². The lowest BCUT2D eigenvalue weighted by Gasteiger charge is -2.14. The van der Waals surface area contributed by atoms with Crippen LogP contribution < -0.4 is 0 Å². The van der Waals surface area contributed by atoms with E-state index in [2.05, 4.69) is 11.2 Å². The minimum absolute atomic E-state index is 0.808. The largest absolute Gasteiger partial charge is 0.411 e. The van der Waals surface area contributed by atoms with E-state index in [1.807, 2.05) is 30.3 Å². The van der Waals surface area contributed by atoms with Crippen LogP contribution in [0.2, 0.25) is 0 Å². The van der Waals surface area contributed by atoms with Crippen molar-refractivity contribution in [1.29, 1.82) is 0 Å². The quantitative estimate of drug-likeness (QED) is 0.531. The standard InChI is InChI=1S/C12H13NO/c14-13-12-9-5-4-8-11(12)10-6-2-1-3-7-10/h1-3,6-8,14H,4-5,9H2. The highest BCUT2D eigenvalue weighted by molar-refractivity contribution is 6.24. The van der Waals surface area contributed by atoms with Gasteiger partial charge >= 0.3 is 0 Å². The molecule has 0 aromatic heterocycles. The first-order valence-electron chi connectivity index (χ1n) is 4.88. The van der Waals surface area contributed by atoms with Crippen molar-refractivity contribution in [1.82, 2.24) is 0 Å². The summed E-state index contributed by atoms with van der Waals surface area (Å²) in [4.78, 5) is 0. The summed E-state index contributed by atoms with van der Waals surface area (Å²) >= 11 is 0. The van der Waals surface area contributed by atoms with Crippen LogP contribution in [0.25, 0.3) is 5.57 Å². The third-order valence-electron chi connectivity index (χ3n) is 2.48. The van der Waals surface area contributed by atoms with E-state index >= 15 is 0 Å². The van der Waals surface area contributed by atoms with E-state index in [0.29, 0.717) is 0 Å². The second kappa shape index (κ2) is 4.09. The number of hydrogen-bond donors (Lipinski definition) is 1. The van der Waals surface area contributed by atoms with E-state index in [-0.39, 0.29) is 0 Å². The third kappa shape index (κ3) is 1.69. The summed E-state index contributed by atoms with van der Waals surface area (Å²) in [5.74, 6) is 0. The van der Waals surface area contributed by atoms with Crippen molar-refractivity contribution in [3.05, 3.63) is 42.0 Å². The van der Waals surface area contributed by atoms with E-state index in [0.717, 1.165) is 36.1 Å². The van der Waals surface area contributed by atoms with Crippen molar-refractivity contribution in [3.8, 4) is 0 Å². The number of benzene rings is 1. The lowest BCUT2D eigenvalue weighted by molar-refractivity contribution is 0.318. The molecular weight excluding hydrogens is 174 g/mol. The molecule has 0 heterocycles. The average molecular weight is 187 g/mol. The maximum atomic E-state index is 8.87. The Kier molecular flexibility index (Phi) is 2.63. The topological polar surface area (TPSA) is 32.6 Å². The van der Waals surface area contributed by atoms with Gasteiger partial charge in [-0.3, -0.25) is 0 Å². The summed E-state index contributed by atoms with van der Waals surface area (Å²) < 4.78 is 0. The van der Waals surface area contributed by atoms with Gasteiger partial charge in [-0.05, 0) is 24.8 Å². The van der Waals surface area contributed by atoms with Crippen LogP contribution in [0.1, 0.15) is 24.8 Å². The molecule has 1 aromatic carbocycles. The molecule has 2 heteroatoms. The van der Waals surface area contributed by atoms with Crippen molar-refractivity contribution < 1.29 is 5.21 Å². The van der Waals surface area contributed by atoms with Crippen LogP contribution in [0.5, 0.6) is 0 Å². The Hall–Kier alpha value is -1.57. The first-order valence-corrected chi connectivity index (χ1v) is 4.88. The molecule has 0 saturated carbocycles. The fraction of sp³-hybridized carbons (Fsp3) is 0.250. The molecule has 0 bridgehead atoms. The predicted molar refractivity (Wildman–Crippen MR) is 57.5 cm³/mol. The van der Waals surface area contributed by atoms with E-state index in [9.17, 15) is 0 Å². The first kappa shape index (κ1) is 9.00. The predicted octanol–water partition coefficient (Wildman–Crippen LogP) is 3.08. The minimum Gasteiger partial charge on any atom is -0.411 e. The SMILES string of the molecule is ON=C1CCCC=C1c1ccccc1. The number of hydrogen-bond acceptors (Lipinski definition) is 2. The van der Waals surface area contributed by atoms with Gasteiger partial charge in [-0.1, -0.05) is 41.6 Å². The van der Waals surface area contributed by atoms with E-state index in [1.54, 1.807) is 0 Å². The summed E-state index contributed by atoms with van der Waals surface area (Å²) in [6, 6.07) is 10.1. The Morgan fingerprint density at radius 2 is 1.93 bits per heavy atom. The molecule has 0 atom stereocenters. The van der Waals surface area contributed by atoms with Gasteiger partial charge in [0.05, 0.1) is 5.71 Å². The Morgan fingerprint density at radius 1 is 1.14 bits per heavy atom. The molecule has 2 nitrogen and oxygen atoms in total. The van der Waals surface area contributed by atoms with Gasteiger partial charge in [-0.2, -0.15) is 0 Å². The molecule has 0 spiro atoms. The molecule has 0 saturated heterocycles. The summed E-state index contributed by atoms with van der Waals surface area (Å²) in [5.41, 5.74) is 3.03. The summed E-state index contributed by atoms with van der Waals surface area (Å²) in [5, 5.41) is 12.2. The van der Waals surface area contributed by atoms with Gasteiger partial charge in [0.25, 0.3) is 0 Å². The maximum absolute atomic E-state index is 8.87. The molecule has 1 N–H and O–H groups in total. The molecule has 0 fully saturated rings. The Morgan fingerprint density at radius 3 is 2.64 bits per heavy atom. The molecule has 1 aliphatic rings. The van der Waals surface area contributed by atoms with Crippen LogP contribution in [0.15, 0.2) is 41.6 Å². The van der Waals surface area contributed by atoms with Crippen LogP contribution >= 0.6 is 0 Å². The molecule has 14 heavy (non-hydrogen) atoms. The second-order valence-corrected chi connectivity index (χ2v) is 3.42. The maximum Gasteiger partial charge on any atom is 0.0870 e. The lowest BCUT2D eigenvalue weighted by atomic mass is 9.92. The van der Waals surface area contributed by atoms with Crippen molar-refractivity contribution in [2.75, 3.05) is 0 Å². The lowest BCUT2D eigenvalue weighted by Crippen LogP contribution is -2.06. The summed E-state index contributed by atoms with van der Waals surface area (Å²) in [7, 11) is 0. The fourth-order valence-corrected chi connectivity index (χ4v) is 1.77. The number of oxime groups is 1. The van der Waals surface area contributed by atoms with Gasteiger partial charge in [0.1, 0.15) is 0 Å². The normalized spacial score (nSPS) is 19.4. The highest BCUT2D eigenvalue weighted by Crippen LogP contribution is 2.24. The van der Waals surface area contributed by atoms with Gasteiger partial charge in [-0.15, -0.1) is 0 Å². The molecule has 1 aliphatic carbocycles. The molecular formula is C12H13NO. The highest BCUT2D eigenvalue weighted by Gasteiger charge is 2.13. The zero-order valence-corrected chi connectivity index (χ0v) is 7.98. The van der Waals surface area contributed by atoms with Crippen molar-refractivity contribution >= 4 is 11.3 Å². The zero-order chi connectivity index (χ0) is 9.80. The van der Waals surface area contributed by atoms with Gasteiger partial charge in [-0.25, -0.2) is 0 Å². The van der Waals surface area contributed by atoms with Gasteiger partial charge < -0.3 is 5.21 Å². The number of allylic oxidation sites excluding steroid dienone is 2. The molecule has 0 amide bonds. The smallest absolute Gasteiger partial charge is 0.0870 e. The van der Waals surface area contributed by atoms with Crippen molar-refractivity contribution in [2.45, 2.75) is 19.3 Å². The number of nitrogens with zero attached hydrogens (tertiary/aromatic N) is 1. The van der Waals surface area contributed by atoms with Crippen LogP contribution in [0, 0.1) is 0 Å². The van der Waals surface area contributed by atoms with Crippen LogP contribution in [-0.2, 0) is 0 Å². The first-order chi connectivity index (χ1) is 6.92. The van der Waals surface area contributed by atoms with Crippen LogP contribution in [-0.4, -0.2) is 10.9 Å².